The molecule has 0 radical (unpaired) electrons. The molecule has 0 saturated heterocycles. The number of rotatable bonds is 2. The summed E-state index contributed by atoms with van der Waals surface area (Å²) >= 11 is 9.95. The number of nitrogens with one attached hydrogen (secondary N) is 1. The van der Waals surface area contributed by atoms with Gasteiger partial charge in [-0.05, 0) is 48.0 Å². The number of para-hydroxylation sites is 2. The van der Waals surface area contributed by atoms with Gasteiger partial charge in [-0.25, -0.2) is 9.37 Å². The van der Waals surface area contributed by atoms with E-state index < -0.39 is 6.04 Å². The van der Waals surface area contributed by atoms with Crippen LogP contribution in [0.5, 0.6) is 0 Å². The molecule has 0 spiro atoms. The molecule has 1 aliphatic rings. The number of hydrogen-bond acceptors (Lipinski definition) is 2. The van der Waals surface area contributed by atoms with Crippen LogP contribution in [0.1, 0.15) is 17.2 Å². The van der Waals surface area contributed by atoms with E-state index in [2.05, 4.69) is 21.2 Å². The van der Waals surface area contributed by atoms with Crippen molar-refractivity contribution in [2.75, 3.05) is 5.32 Å². The Morgan fingerprint density at radius 2 is 1.86 bits per heavy atom. The molecule has 28 heavy (non-hydrogen) atoms. The lowest BCUT2D eigenvalue weighted by Crippen LogP contribution is -2.20. The number of nitrogens with zero attached hydrogens (tertiary/aromatic N) is 2. The molecule has 0 aliphatic carbocycles. The number of aromatic nitrogens is 2. The van der Waals surface area contributed by atoms with Gasteiger partial charge in [0.25, 0.3) is 0 Å². The largest absolute Gasteiger partial charge is 0.325 e. The second-order valence-electron chi connectivity index (χ2n) is 6.59. The molecule has 3 nitrogen and oxygen atoms in total. The normalized spacial score (nSPS) is 15.8. The van der Waals surface area contributed by atoms with Crippen molar-refractivity contribution in [3.05, 3.63) is 99.2 Å². The maximum Gasteiger partial charge on any atom is 0.209 e. The van der Waals surface area contributed by atoms with E-state index in [0.29, 0.717) is 16.5 Å². The van der Waals surface area contributed by atoms with Crippen molar-refractivity contribution >= 4 is 50.2 Å². The molecule has 0 amide bonds. The van der Waals surface area contributed by atoms with Crippen molar-refractivity contribution in [3.8, 4) is 0 Å². The lowest BCUT2D eigenvalue weighted by molar-refractivity contribution is 0.584. The molecule has 0 unspecified atom stereocenters. The van der Waals surface area contributed by atoms with Crippen molar-refractivity contribution in [3.63, 3.8) is 0 Å². The molecular formula is C22H14BrClFN3. The molecule has 4 aromatic rings. The van der Waals surface area contributed by atoms with Crippen molar-refractivity contribution in [1.29, 1.82) is 0 Å². The van der Waals surface area contributed by atoms with E-state index in [1.54, 1.807) is 12.1 Å². The first-order valence-electron chi connectivity index (χ1n) is 8.77. The molecular weight excluding hydrogens is 441 g/mol. The summed E-state index contributed by atoms with van der Waals surface area (Å²) < 4.78 is 17.8. The van der Waals surface area contributed by atoms with Crippen LogP contribution in [0.3, 0.4) is 0 Å². The van der Waals surface area contributed by atoms with E-state index >= 15 is 0 Å². The molecule has 6 heteroatoms. The number of imidazole rings is 1. The van der Waals surface area contributed by atoms with Gasteiger partial charge in [-0.2, -0.15) is 0 Å². The van der Waals surface area contributed by atoms with Crippen LogP contribution in [0.2, 0.25) is 5.02 Å². The van der Waals surface area contributed by atoms with Crippen LogP contribution in [-0.2, 0) is 0 Å². The van der Waals surface area contributed by atoms with E-state index in [-0.39, 0.29) is 5.82 Å². The molecule has 0 saturated carbocycles. The van der Waals surface area contributed by atoms with Crippen molar-refractivity contribution in [2.24, 2.45) is 0 Å². The smallest absolute Gasteiger partial charge is 0.209 e. The predicted molar refractivity (Wildman–Crippen MR) is 115 cm³/mol. The highest BCUT2D eigenvalue weighted by molar-refractivity contribution is 9.10. The van der Waals surface area contributed by atoms with Crippen LogP contribution in [0.15, 0.2) is 77.3 Å². The zero-order valence-corrected chi connectivity index (χ0v) is 16.9. The van der Waals surface area contributed by atoms with E-state index in [1.807, 2.05) is 59.2 Å². The van der Waals surface area contributed by atoms with Crippen molar-refractivity contribution < 1.29 is 4.39 Å². The van der Waals surface area contributed by atoms with Gasteiger partial charge in [-0.3, -0.25) is 4.57 Å². The number of hydrogen-bond donors (Lipinski definition) is 1. The molecule has 1 atom stereocenters. The number of fused-ring (bicyclic) bond motifs is 3. The van der Waals surface area contributed by atoms with Gasteiger partial charge in [0.1, 0.15) is 5.82 Å². The zero-order chi connectivity index (χ0) is 19.3. The third-order valence-corrected chi connectivity index (χ3v) is 5.70. The third-order valence-electron chi connectivity index (χ3n) is 4.88. The summed E-state index contributed by atoms with van der Waals surface area (Å²) in [5.74, 6) is 0.316. The summed E-state index contributed by atoms with van der Waals surface area (Å²) in [4.78, 5) is 4.72. The fourth-order valence-electron chi connectivity index (χ4n) is 3.64. The summed E-state index contributed by atoms with van der Waals surface area (Å²) in [6.07, 6.45) is 1.99. The molecule has 0 bridgehead atoms. The zero-order valence-electron chi connectivity index (χ0n) is 14.5. The van der Waals surface area contributed by atoms with E-state index in [4.69, 9.17) is 16.6 Å². The first-order chi connectivity index (χ1) is 13.6. The van der Waals surface area contributed by atoms with Crippen LogP contribution in [-0.4, -0.2) is 9.55 Å². The maximum absolute atomic E-state index is 14.9. The van der Waals surface area contributed by atoms with Gasteiger partial charge < -0.3 is 5.32 Å². The van der Waals surface area contributed by atoms with E-state index in [0.717, 1.165) is 26.8 Å². The Balaban J connectivity index is 1.78. The first-order valence-corrected chi connectivity index (χ1v) is 9.94. The molecule has 138 valence electrons. The summed E-state index contributed by atoms with van der Waals surface area (Å²) in [5.41, 5.74) is 4.02. The summed E-state index contributed by atoms with van der Waals surface area (Å²) in [7, 11) is 0. The lowest BCUT2D eigenvalue weighted by atomic mass is 10.0. The van der Waals surface area contributed by atoms with E-state index in [1.165, 1.54) is 6.07 Å². The lowest BCUT2D eigenvalue weighted by Gasteiger charge is -2.27. The average molecular weight is 455 g/mol. The molecule has 3 aromatic carbocycles. The standard InChI is InChI=1S/C22H14BrClFN3/c23-14-6-3-5-13(11-14)18-12-20(21-15(24)7-4-8-16(21)25)28-19-10-2-1-9-17(19)26-22(28)27-18/h1-12,20H,(H,26,27)/t20-/m1/s1. The molecule has 5 rings (SSSR count). The van der Waals surface area contributed by atoms with Crippen molar-refractivity contribution in [1.82, 2.24) is 9.55 Å². The second-order valence-corrected chi connectivity index (χ2v) is 7.91. The second kappa shape index (κ2) is 6.76. The number of anilines is 1. The van der Waals surface area contributed by atoms with Crippen LogP contribution < -0.4 is 5.32 Å². The average Bonchev–Trinajstić information content (AvgIpc) is 3.06. The highest BCUT2D eigenvalue weighted by atomic mass is 79.9. The summed E-state index contributed by atoms with van der Waals surface area (Å²) in [6, 6.07) is 20.1. The minimum absolute atomic E-state index is 0.340. The first kappa shape index (κ1) is 17.5. The highest BCUT2D eigenvalue weighted by Crippen LogP contribution is 2.40. The van der Waals surface area contributed by atoms with Crippen molar-refractivity contribution in [2.45, 2.75) is 6.04 Å². The Kier molecular flexibility index (Phi) is 4.22. The van der Waals surface area contributed by atoms with Crippen LogP contribution in [0, 0.1) is 5.82 Å². The Bertz CT molecular complexity index is 1230. The Hall–Kier alpha value is -2.63. The molecule has 1 aliphatic heterocycles. The molecule has 1 aromatic heterocycles. The van der Waals surface area contributed by atoms with Gasteiger partial charge in [-0.15, -0.1) is 0 Å². The quantitative estimate of drug-likeness (QED) is 0.367. The van der Waals surface area contributed by atoms with Gasteiger partial charge in [-0.1, -0.05) is 57.9 Å². The predicted octanol–water partition coefficient (Wildman–Crippen LogP) is 6.65. The highest BCUT2D eigenvalue weighted by Gasteiger charge is 2.28. The Morgan fingerprint density at radius 1 is 1.04 bits per heavy atom. The number of halogens is 3. The number of benzene rings is 3. The van der Waals surface area contributed by atoms with Crippen LogP contribution >= 0.6 is 27.5 Å². The van der Waals surface area contributed by atoms with Gasteiger partial charge >= 0.3 is 0 Å². The number of allylic oxidation sites excluding steroid dienone is 1. The molecule has 2 heterocycles. The fourth-order valence-corrected chi connectivity index (χ4v) is 4.31. The topological polar surface area (TPSA) is 29.9 Å². The van der Waals surface area contributed by atoms with Crippen LogP contribution in [0.4, 0.5) is 10.3 Å². The van der Waals surface area contributed by atoms with Gasteiger partial charge in [0.05, 0.1) is 17.1 Å². The monoisotopic (exact) mass is 453 g/mol. The minimum atomic E-state index is -0.425. The summed E-state index contributed by atoms with van der Waals surface area (Å²) in [6.45, 7) is 0. The van der Waals surface area contributed by atoms with Gasteiger partial charge in [0.2, 0.25) is 5.95 Å². The Morgan fingerprint density at radius 3 is 2.68 bits per heavy atom. The maximum atomic E-state index is 14.9. The fraction of sp³-hybridized carbons (Fsp3) is 0.0455. The Labute approximate surface area is 174 Å². The SMILES string of the molecule is Fc1cccc(Cl)c1[C@H]1C=C(c2cccc(Br)c2)Nc2nc3ccccc3n21. The third kappa shape index (κ3) is 2.82. The van der Waals surface area contributed by atoms with Gasteiger partial charge in [0, 0.05) is 20.8 Å². The minimum Gasteiger partial charge on any atom is -0.325 e. The van der Waals surface area contributed by atoms with E-state index in [9.17, 15) is 4.39 Å². The molecule has 0 fully saturated rings. The summed E-state index contributed by atoms with van der Waals surface area (Å²) in [5, 5.41) is 3.78. The molecule has 1 N–H and O–H groups in total. The van der Waals surface area contributed by atoms with Gasteiger partial charge in [0.15, 0.2) is 0 Å². The van der Waals surface area contributed by atoms with Crippen LogP contribution in [0.25, 0.3) is 16.7 Å².